The summed E-state index contributed by atoms with van der Waals surface area (Å²) in [6.45, 7) is 1.89. The van der Waals surface area contributed by atoms with Crippen LogP contribution in [0.2, 0.25) is 0 Å². The van der Waals surface area contributed by atoms with Crippen molar-refractivity contribution in [2.45, 2.75) is 13.3 Å². The summed E-state index contributed by atoms with van der Waals surface area (Å²) >= 11 is 0.997. The minimum absolute atomic E-state index is 0.0821. The van der Waals surface area contributed by atoms with E-state index in [-0.39, 0.29) is 16.5 Å². The quantitative estimate of drug-likeness (QED) is 0.923. The molecule has 0 amide bonds. The van der Waals surface area contributed by atoms with E-state index in [0.717, 1.165) is 29.7 Å². The largest absolute Gasteiger partial charge is 0.478 e. The Balaban J connectivity index is 2.32. The summed E-state index contributed by atoms with van der Waals surface area (Å²) in [5.41, 5.74) is -0.121. The third-order valence-corrected chi connectivity index (χ3v) is 2.77. The molecule has 0 atom stereocenters. The lowest BCUT2D eigenvalue weighted by Gasteiger charge is -2.05. The van der Waals surface area contributed by atoms with E-state index in [1.807, 2.05) is 6.92 Å². The molecule has 0 saturated carbocycles. The number of nitrogens with zero attached hydrogens (tertiary/aromatic N) is 2. The summed E-state index contributed by atoms with van der Waals surface area (Å²) in [6.07, 6.45) is 0.648. The minimum Gasteiger partial charge on any atom is -0.478 e. The van der Waals surface area contributed by atoms with Crippen LogP contribution in [-0.4, -0.2) is 20.4 Å². The minimum atomic E-state index is -1.19. The standard InChI is InChI=1S/C11H9FN2O3S/c1-2-9-13-11(18-14-9)17-8-5-6(12)3-4-7(8)10(15)16/h3-5H,2H2,1H3,(H,15,16). The van der Waals surface area contributed by atoms with E-state index in [0.29, 0.717) is 12.2 Å². The molecule has 2 rings (SSSR count). The van der Waals surface area contributed by atoms with Crippen molar-refractivity contribution in [1.82, 2.24) is 9.36 Å². The molecule has 1 N–H and O–H groups in total. The van der Waals surface area contributed by atoms with Gasteiger partial charge in [0.25, 0.3) is 5.19 Å². The number of aromatic carboxylic acids is 1. The number of aromatic nitrogens is 2. The van der Waals surface area contributed by atoms with Crippen LogP contribution >= 0.6 is 11.5 Å². The SMILES string of the molecule is CCc1nsc(Oc2cc(F)ccc2C(=O)O)n1. The molecule has 0 aliphatic heterocycles. The first-order valence-electron chi connectivity index (χ1n) is 5.13. The van der Waals surface area contributed by atoms with Gasteiger partial charge in [-0.05, 0) is 12.1 Å². The number of carboxylic acid groups (broad SMARTS) is 1. The molecular formula is C11H9FN2O3S. The van der Waals surface area contributed by atoms with Crippen LogP contribution in [0.5, 0.6) is 10.9 Å². The summed E-state index contributed by atoms with van der Waals surface area (Å²) in [6, 6.07) is 3.22. The molecule has 0 aliphatic rings. The lowest BCUT2D eigenvalue weighted by Crippen LogP contribution is -2.00. The number of halogens is 1. The molecule has 0 saturated heterocycles. The van der Waals surface area contributed by atoms with Crippen molar-refractivity contribution >= 4 is 17.5 Å². The van der Waals surface area contributed by atoms with Gasteiger partial charge in [-0.2, -0.15) is 9.36 Å². The molecule has 0 radical (unpaired) electrons. The van der Waals surface area contributed by atoms with E-state index >= 15 is 0 Å². The number of carbonyl (C=O) groups is 1. The second-order valence-corrected chi connectivity index (χ2v) is 4.09. The van der Waals surface area contributed by atoms with E-state index in [2.05, 4.69) is 9.36 Å². The third-order valence-electron chi connectivity index (χ3n) is 2.14. The van der Waals surface area contributed by atoms with Crippen LogP contribution in [0.1, 0.15) is 23.1 Å². The number of carboxylic acids is 1. The Morgan fingerprint density at radius 3 is 2.94 bits per heavy atom. The van der Waals surface area contributed by atoms with Gasteiger partial charge in [-0.15, -0.1) is 0 Å². The molecule has 7 heteroatoms. The van der Waals surface area contributed by atoms with Crippen LogP contribution in [0.25, 0.3) is 0 Å². The van der Waals surface area contributed by atoms with Gasteiger partial charge in [-0.1, -0.05) is 6.92 Å². The van der Waals surface area contributed by atoms with Crippen LogP contribution in [0, 0.1) is 5.82 Å². The van der Waals surface area contributed by atoms with Gasteiger partial charge in [-0.25, -0.2) is 9.18 Å². The van der Waals surface area contributed by atoms with E-state index in [1.165, 1.54) is 0 Å². The van der Waals surface area contributed by atoms with Crippen molar-refractivity contribution in [3.05, 3.63) is 35.4 Å². The van der Waals surface area contributed by atoms with Gasteiger partial charge in [0.2, 0.25) is 0 Å². The Kier molecular flexibility index (Phi) is 3.52. The Morgan fingerprint density at radius 2 is 2.33 bits per heavy atom. The Bertz CT molecular complexity index is 585. The summed E-state index contributed by atoms with van der Waals surface area (Å²) in [5.74, 6) is -1.25. The van der Waals surface area contributed by atoms with E-state index < -0.39 is 11.8 Å². The van der Waals surface area contributed by atoms with Gasteiger partial charge in [0.1, 0.15) is 23.0 Å². The van der Waals surface area contributed by atoms with Crippen LogP contribution in [0.4, 0.5) is 4.39 Å². The molecule has 94 valence electrons. The zero-order valence-corrected chi connectivity index (χ0v) is 10.2. The zero-order valence-electron chi connectivity index (χ0n) is 9.38. The fraction of sp³-hybridized carbons (Fsp3) is 0.182. The molecule has 1 aromatic heterocycles. The Labute approximate surface area is 106 Å². The highest BCUT2D eigenvalue weighted by Crippen LogP contribution is 2.27. The predicted octanol–water partition coefficient (Wildman–Crippen LogP) is 2.73. The highest BCUT2D eigenvalue weighted by atomic mass is 32.1. The highest BCUT2D eigenvalue weighted by molar-refractivity contribution is 7.07. The third kappa shape index (κ3) is 2.62. The first kappa shape index (κ1) is 12.4. The zero-order chi connectivity index (χ0) is 13.1. The lowest BCUT2D eigenvalue weighted by molar-refractivity contribution is 0.0694. The highest BCUT2D eigenvalue weighted by Gasteiger charge is 2.15. The molecule has 0 aliphatic carbocycles. The molecule has 0 spiro atoms. The van der Waals surface area contributed by atoms with Crippen LogP contribution in [0.3, 0.4) is 0 Å². The number of aryl methyl sites for hydroxylation is 1. The second-order valence-electron chi connectivity index (χ2n) is 3.38. The molecular weight excluding hydrogens is 259 g/mol. The summed E-state index contributed by atoms with van der Waals surface area (Å²) in [7, 11) is 0. The van der Waals surface area contributed by atoms with Gasteiger partial charge in [0.15, 0.2) is 0 Å². The van der Waals surface area contributed by atoms with Crippen LogP contribution in [-0.2, 0) is 6.42 Å². The van der Waals surface area contributed by atoms with Crippen molar-refractivity contribution in [3.8, 4) is 10.9 Å². The van der Waals surface area contributed by atoms with Crippen LogP contribution < -0.4 is 4.74 Å². The maximum absolute atomic E-state index is 13.1. The number of benzene rings is 1. The topological polar surface area (TPSA) is 72.3 Å². The van der Waals surface area contributed by atoms with Gasteiger partial charge in [-0.3, -0.25) is 0 Å². The maximum atomic E-state index is 13.1. The number of rotatable bonds is 4. The molecule has 0 fully saturated rings. The molecule has 1 aromatic carbocycles. The predicted molar refractivity (Wildman–Crippen MR) is 62.7 cm³/mol. The Hall–Kier alpha value is -2.02. The maximum Gasteiger partial charge on any atom is 0.339 e. The summed E-state index contributed by atoms with van der Waals surface area (Å²) < 4.78 is 22.3. The van der Waals surface area contributed by atoms with Crippen molar-refractivity contribution in [1.29, 1.82) is 0 Å². The first-order chi connectivity index (χ1) is 8.60. The first-order valence-corrected chi connectivity index (χ1v) is 5.90. The second kappa shape index (κ2) is 5.09. The number of hydrogen-bond donors (Lipinski definition) is 1. The number of ether oxygens (including phenoxy) is 1. The van der Waals surface area contributed by atoms with Gasteiger partial charge < -0.3 is 9.84 Å². The van der Waals surface area contributed by atoms with Crippen molar-refractivity contribution in [2.24, 2.45) is 0 Å². The van der Waals surface area contributed by atoms with E-state index in [4.69, 9.17) is 9.84 Å². The van der Waals surface area contributed by atoms with Crippen molar-refractivity contribution < 1.29 is 19.0 Å². The van der Waals surface area contributed by atoms with Gasteiger partial charge in [0, 0.05) is 24.0 Å². The normalized spacial score (nSPS) is 10.3. The van der Waals surface area contributed by atoms with Crippen molar-refractivity contribution in [2.75, 3.05) is 0 Å². The average molecular weight is 268 g/mol. The fourth-order valence-corrected chi connectivity index (χ4v) is 1.90. The van der Waals surface area contributed by atoms with E-state index in [1.54, 1.807) is 0 Å². The van der Waals surface area contributed by atoms with Gasteiger partial charge in [0.05, 0.1) is 0 Å². The fourth-order valence-electron chi connectivity index (χ4n) is 1.27. The monoisotopic (exact) mass is 268 g/mol. The number of hydrogen-bond acceptors (Lipinski definition) is 5. The molecule has 1 heterocycles. The van der Waals surface area contributed by atoms with Gasteiger partial charge >= 0.3 is 5.97 Å². The van der Waals surface area contributed by atoms with E-state index in [9.17, 15) is 9.18 Å². The summed E-state index contributed by atoms with van der Waals surface area (Å²) in [5, 5.41) is 9.15. The molecule has 18 heavy (non-hydrogen) atoms. The molecule has 5 nitrogen and oxygen atoms in total. The molecule has 0 bridgehead atoms. The Morgan fingerprint density at radius 1 is 1.56 bits per heavy atom. The summed E-state index contributed by atoms with van der Waals surface area (Å²) in [4.78, 5) is 15.0. The lowest BCUT2D eigenvalue weighted by atomic mass is 10.2. The van der Waals surface area contributed by atoms with Crippen LogP contribution in [0.15, 0.2) is 18.2 Å². The molecule has 2 aromatic rings. The van der Waals surface area contributed by atoms with Crippen molar-refractivity contribution in [3.63, 3.8) is 0 Å². The average Bonchev–Trinajstić information content (AvgIpc) is 2.76. The molecule has 0 unspecified atom stereocenters. The smallest absolute Gasteiger partial charge is 0.339 e.